The van der Waals surface area contributed by atoms with Gasteiger partial charge in [-0.25, -0.2) is 19.9 Å². The highest BCUT2D eigenvalue weighted by Gasteiger charge is 2.22. The van der Waals surface area contributed by atoms with E-state index in [2.05, 4.69) is 238 Å². The molecule has 10 aromatic rings. The van der Waals surface area contributed by atoms with Crippen LogP contribution in [-0.4, -0.2) is 76.3 Å². The molecule has 0 radical (unpaired) electrons. The fourth-order valence-electron chi connectivity index (χ4n) is 18.0. The molecule has 0 aliphatic carbocycles. The number of hydrogen-bond donors (Lipinski definition) is 4. The van der Waals surface area contributed by atoms with Crippen LogP contribution in [0, 0.1) is 47.4 Å². The van der Waals surface area contributed by atoms with E-state index in [0.717, 1.165) is 197 Å². The number of H-pyrrole nitrogens is 4. The lowest BCUT2D eigenvalue weighted by molar-refractivity contribution is 0.289. The lowest BCUT2D eigenvalue weighted by Crippen LogP contribution is -2.01. The first-order valence-electron chi connectivity index (χ1n) is 50.3. The Morgan fingerprint density at radius 3 is 0.811 bits per heavy atom. The Kier molecular flexibility index (Phi) is 38.4. The van der Waals surface area contributed by atoms with Gasteiger partial charge in [0.25, 0.3) is 0 Å². The second kappa shape index (κ2) is 53.0. The predicted molar refractivity (Wildman–Crippen MR) is 554 cm³/mol. The Bertz CT molecular complexity index is 5720. The quantitative estimate of drug-likeness (QED) is 0.0212. The predicted octanol–water partition coefficient (Wildman–Crippen LogP) is 31.7. The van der Waals surface area contributed by atoms with Crippen LogP contribution in [-0.2, 0) is 0 Å². The third-order valence-corrected chi connectivity index (χ3v) is 25.2. The normalized spacial score (nSPS) is 11.7. The minimum absolute atomic E-state index is 0.616. The largest absolute Gasteiger partial charge is 0.493 e. The van der Waals surface area contributed by atoms with Gasteiger partial charge in [-0.05, 0) is 253 Å². The van der Waals surface area contributed by atoms with Gasteiger partial charge in [0.2, 0.25) is 0 Å². The molecule has 16 bridgehead atoms. The Balaban J connectivity index is 0.821. The van der Waals surface area contributed by atoms with E-state index >= 15 is 0 Å². The van der Waals surface area contributed by atoms with E-state index in [1.165, 1.54) is 205 Å². The van der Waals surface area contributed by atoms with Crippen molar-refractivity contribution in [1.29, 1.82) is 0 Å². The molecule has 8 aromatic heterocycles. The summed E-state index contributed by atoms with van der Waals surface area (Å²) in [4.78, 5) is 45.6. The van der Waals surface area contributed by atoms with E-state index in [9.17, 15) is 0 Å². The number of fused-ring (bicyclic) bond motifs is 16. The van der Waals surface area contributed by atoms with Gasteiger partial charge in [-0.1, -0.05) is 259 Å². The van der Waals surface area contributed by atoms with Crippen LogP contribution in [0.5, 0.6) is 23.0 Å². The van der Waals surface area contributed by atoms with Crippen molar-refractivity contribution in [2.45, 2.75) is 285 Å². The molecular weight excluding hydrogens is 1620 g/mol. The SMILES string of the molecule is CCCCCCCCCCCCOc1cc(OCCCCCCCCCCCC)cc(-c2c3nc(cc4ccc([nH]4)c(-c4ccncc4)c4nc(c(C#CC#CC#CC#Cc5c6nc(c(-c7ccncc7)c7ccc(cc8nc(c(-c9cc(OCCCCCCCCCCCC)cc(OCCCCCCCCCCCC)c9)c9ccc5[nH]9)C=C8)[nH]7)C=C6)c5ccc2[nH]5)C=C4)C=C3)c1. The van der Waals surface area contributed by atoms with E-state index in [-0.39, 0.29) is 0 Å². The maximum absolute atomic E-state index is 6.75. The number of unbranched alkanes of at least 4 members (excludes halogenated alkanes) is 36. The molecule has 12 heterocycles. The summed E-state index contributed by atoms with van der Waals surface area (Å²) in [6.45, 7) is 11.6. The Labute approximate surface area is 785 Å². The minimum atomic E-state index is 0.616. The standard InChI is InChI=1S/C118H136N10O4/c1-5-9-13-17-21-25-29-35-41-47-77-129-97-81-91(82-98(87-97)130-78-48-42-36-30-26-22-18-14-10-6-2)117-109-59-55-95(123-109)85-93-53-57-107(121-93)115(89-69-73-119-74-70-89)111-65-61-103(125-111)101(105-63-67-113(117)127-105)51-45-39-33-34-40-46-52-102-104-62-66-112(126-104)116(90-71-75-120-76-72-90)108-58-54-94(122-108)86-96-56-60-110(124-96)118(114-68-64-106(102)128-114)92-83-99(131-79-49-43-37-31-27-23-19-15-11-7-3)88-100(84-92)132-80-50-44-38-32-28-24-20-16-12-8-4/h53-76,81-88,121-122,127-128H,5-32,35-38,41-44,47-50,77-80H2,1-4H3. The first-order valence-corrected chi connectivity index (χ1v) is 50.3. The number of benzene rings is 2. The van der Waals surface area contributed by atoms with Crippen molar-refractivity contribution in [2.24, 2.45) is 0 Å². The van der Waals surface area contributed by atoms with Gasteiger partial charge in [-0.2, -0.15) is 0 Å². The van der Waals surface area contributed by atoms with Crippen molar-refractivity contribution in [3.63, 3.8) is 0 Å². The molecule has 0 fully saturated rings. The lowest BCUT2D eigenvalue weighted by atomic mass is 10.0. The van der Waals surface area contributed by atoms with Crippen LogP contribution < -0.4 is 18.9 Å². The summed E-state index contributed by atoms with van der Waals surface area (Å²) in [5.41, 5.74) is 21.5. The smallest absolute Gasteiger partial charge is 0.123 e. The van der Waals surface area contributed by atoms with Gasteiger partial charge < -0.3 is 38.9 Å². The second-order valence-corrected chi connectivity index (χ2v) is 35.7. The molecule has 14 nitrogen and oxygen atoms in total. The number of pyridine rings is 2. The molecule has 4 N–H and O–H groups in total. The van der Waals surface area contributed by atoms with Crippen molar-refractivity contribution < 1.29 is 18.9 Å². The van der Waals surface area contributed by atoms with Crippen LogP contribution in [0.15, 0.2) is 146 Å². The van der Waals surface area contributed by atoms with Crippen LogP contribution in [0.4, 0.5) is 0 Å². The van der Waals surface area contributed by atoms with Crippen LogP contribution in [0.3, 0.4) is 0 Å². The summed E-state index contributed by atoms with van der Waals surface area (Å²) in [7, 11) is 0. The highest BCUT2D eigenvalue weighted by molar-refractivity contribution is 5.97. The molecule has 0 spiro atoms. The number of aromatic nitrogens is 10. The molecule has 4 aliphatic rings. The number of rotatable bonds is 52. The molecule has 0 saturated heterocycles. The summed E-state index contributed by atoms with van der Waals surface area (Å²) in [6, 6.07) is 41.7. The number of aromatic amines is 4. The number of nitrogens with zero attached hydrogens (tertiary/aromatic N) is 6. The zero-order chi connectivity index (χ0) is 90.6. The molecule has 682 valence electrons. The van der Waals surface area contributed by atoms with Gasteiger partial charge in [-0.3, -0.25) is 9.97 Å². The number of hydrogen-bond acceptors (Lipinski definition) is 10. The average Bonchev–Trinajstić information content (AvgIpc) is 1.62. The molecule has 132 heavy (non-hydrogen) atoms. The first-order chi connectivity index (χ1) is 65.3. The van der Waals surface area contributed by atoms with E-state index < -0.39 is 0 Å². The molecule has 0 unspecified atom stereocenters. The second-order valence-electron chi connectivity index (χ2n) is 35.7. The van der Waals surface area contributed by atoms with E-state index in [0.29, 0.717) is 48.9 Å². The summed E-state index contributed by atoms with van der Waals surface area (Å²) in [5.74, 6) is 28.7. The molecule has 4 aliphatic heterocycles. The Morgan fingerprint density at radius 2 is 0.485 bits per heavy atom. The summed E-state index contributed by atoms with van der Waals surface area (Å²) >= 11 is 0. The molecule has 14 heteroatoms. The van der Waals surface area contributed by atoms with Gasteiger partial charge in [0, 0.05) is 92.3 Å². The molecule has 0 amide bonds. The Hall–Kier alpha value is -12.6. The van der Waals surface area contributed by atoms with Gasteiger partial charge in [0.1, 0.15) is 23.0 Å². The highest BCUT2D eigenvalue weighted by Crippen LogP contribution is 2.41. The Morgan fingerprint density at radius 1 is 0.227 bits per heavy atom. The summed E-state index contributed by atoms with van der Waals surface area (Å²) in [6.07, 6.45) is 73.9. The molecule has 0 saturated carbocycles. The van der Waals surface area contributed by atoms with Crippen molar-refractivity contribution in [3.8, 4) is 115 Å². The fraction of sp³-hybridized carbons (Fsp3) is 0.407. The van der Waals surface area contributed by atoms with Crippen molar-refractivity contribution in [2.75, 3.05) is 26.4 Å². The van der Waals surface area contributed by atoms with E-state index in [1.807, 2.05) is 61.2 Å². The monoisotopic (exact) mass is 1760 g/mol. The molecule has 14 rings (SSSR count). The maximum atomic E-state index is 6.75. The zero-order valence-electron chi connectivity index (χ0n) is 78.9. The topological polar surface area (TPSA) is 177 Å². The zero-order valence-corrected chi connectivity index (χ0v) is 78.9. The van der Waals surface area contributed by atoms with Gasteiger partial charge in [0.15, 0.2) is 0 Å². The van der Waals surface area contributed by atoms with Gasteiger partial charge in [0.05, 0.1) is 94.1 Å². The number of ether oxygens (including phenoxy) is 4. The minimum Gasteiger partial charge on any atom is -0.493 e. The number of nitrogens with one attached hydrogen (secondary N) is 4. The molecular formula is C118H136N10O4. The van der Waals surface area contributed by atoms with Crippen LogP contribution in [0.2, 0.25) is 0 Å². The summed E-state index contributed by atoms with van der Waals surface area (Å²) in [5, 5.41) is 0. The first kappa shape index (κ1) is 95.5. The van der Waals surface area contributed by atoms with Crippen LogP contribution in [0.1, 0.15) is 341 Å². The maximum Gasteiger partial charge on any atom is 0.123 e. The van der Waals surface area contributed by atoms with Gasteiger partial charge >= 0.3 is 0 Å². The van der Waals surface area contributed by atoms with Crippen molar-refractivity contribution in [3.05, 3.63) is 203 Å². The lowest BCUT2D eigenvalue weighted by Gasteiger charge is -2.14. The highest BCUT2D eigenvalue weighted by atomic mass is 16.5. The van der Waals surface area contributed by atoms with Crippen LogP contribution in [0.25, 0.3) is 137 Å². The van der Waals surface area contributed by atoms with Crippen molar-refractivity contribution >= 4 is 92.7 Å². The van der Waals surface area contributed by atoms with Crippen molar-refractivity contribution in [1.82, 2.24) is 49.8 Å². The third-order valence-electron chi connectivity index (χ3n) is 25.2. The molecule has 0 atom stereocenters. The van der Waals surface area contributed by atoms with E-state index in [4.69, 9.17) is 38.9 Å². The van der Waals surface area contributed by atoms with Crippen LogP contribution >= 0.6 is 0 Å². The third kappa shape index (κ3) is 28.9. The summed E-state index contributed by atoms with van der Waals surface area (Å²) < 4.78 is 27.0. The average molecular weight is 1760 g/mol. The fourth-order valence-corrected chi connectivity index (χ4v) is 18.0. The van der Waals surface area contributed by atoms with Gasteiger partial charge in [-0.15, -0.1) is 0 Å². The molecule has 2 aromatic carbocycles. The van der Waals surface area contributed by atoms with E-state index in [1.54, 1.807) is 0 Å².